The zero-order chi connectivity index (χ0) is 14.8. The van der Waals surface area contributed by atoms with Gasteiger partial charge in [-0.1, -0.05) is 23.2 Å². The third kappa shape index (κ3) is 2.78. The summed E-state index contributed by atoms with van der Waals surface area (Å²) in [5.41, 5.74) is 1.19. The Labute approximate surface area is 130 Å². The van der Waals surface area contributed by atoms with Gasteiger partial charge in [-0.3, -0.25) is 4.98 Å². The van der Waals surface area contributed by atoms with Gasteiger partial charge in [-0.2, -0.15) is 0 Å². The Bertz CT molecular complexity index is 809. The molecule has 0 amide bonds. The van der Waals surface area contributed by atoms with Crippen LogP contribution in [0.15, 0.2) is 42.7 Å². The van der Waals surface area contributed by atoms with E-state index in [0.29, 0.717) is 32.8 Å². The summed E-state index contributed by atoms with van der Waals surface area (Å²) in [4.78, 5) is 8.37. The van der Waals surface area contributed by atoms with Gasteiger partial charge in [0, 0.05) is 29.4 Å². The van der Waals surface area contributed by atoms with Gasteiger partial charge in [-0.15, -0.1) is 0 Å². The van der Waals surface area contributed by atoms with Gasteiger partial charge < -0.3 is 9.84 Å². The molecule has 0 saturated carbocycles. The van der Waals surface area contributed by atoms with Crippen molar-refractivity contribution >= 4 is 34.1 Å². The molecule has 0 radical (unpaired) electrons. The van der Waals surface area contributed by atoms with Gasteiger partial charge in [-0.05, 0) is 24.3 Å². The number of halogens is 2. The standard InChI is InChI=1S/C15H10Cl2N2O2/c16-11-3-4-13(15-10(11)2-1-5-18-15)21-14-6-9(8-20)12(17)7-19-14/h1-7,20H,8H2. The Morgan fingerprint density at radius 1 is 1.10 bits per heavy atom. The fraction of sp³-hybridized carbons (Fsp3) is 0.0667. The van der Waals surface area contributed by atoms with Crippen LogP contribution in [0.5, 0.6) is 11.6 Å². The highest BCUT2D eigenvalue weighted by Crippen LogP contribution is 2.32. The second-order valence-electron chi connectivity index (χ2n) is 4.32. The number of hydrogen-bond donors (Lipinski definition) is 1. The number of aromatic nitrogens is 2. The summed E-state index contributed by atoms with van der Waals surface area (Å²) in [6.07, 6.45) is 3.11. The number of fused-ring (bicyclic) bond motifs is 1. The fourth-order valence-corrected chi connectivity index (χ4v) is 2.32. The minimum absolute atomic E-state index is 0.183. The van der Waals surface area contributed by atoms with E-state index < -0.39 is 0 Å². The molecule has 21 heavy (non-hydrogen) atoms. The zero-order valence-electron chi connectivity index (χ0n) is 10.8. The highest BCUT2D eigenvalue weighted by atomic mass is 35.5. The molecule has 106 valence electrons. The van der Waals surface area contributed by atoms with Gasteiger partial charge in [0.05, 0.1) is 16.7 Å². The van der Waals surface area contributed by atoms with Gasteiger partial charge in [0.1, 0.15) is 5.52 Å². The van der Waals surface area contributed by atoms with E-state index in [9.17, 15) is 5.11 Å². The van der Waals surface area contributed by atoms with Crippen molar-refractivity contribution in [1.29, 1.82) is 0 Å². The number of hydrogen-bond acceptors (Lipinski definition) is 4. The maximum absolute atomic E-state index is 9.22. The first kappa shape index (κ1) is 14.1. The van der Waals surface area contributed by atoms with Crippen LogP contribution in [0.3, 0.4) is 0 Å². The Balaban J connectivity index is 2.04. The van der Waals surface area contributed by atoms with Crippen molar-refractivity contribution in [1.82, 2.24) is 9.97 Å². The van der Waals surface area contributed by atoms with Crippen LogP contribution >= 0.6 is 23.2 Å². The molecular weight excluding hydrogens is 311 g/mol. The monoisotopic (exact) mass is 320 g/mol. The Hall–Kier alpha value is -1.88. The second-order valence-corrected chi connectivity index (χ2v) is 5.13. The third-order valence-electron chi connectivity index (χ3n) is 2.97. The largest absolute Gasteiger partial charge is 0.437 e. The van der Waals surface area contributed by atoms with E-state index in [4.69, 9.17) is 27.9 Å². The van der Waals surface area contributed by atoms with E-state index in [1.165, 1.54) is 6.20 Å². The van der Waals surface area contributed by atoms with E-state index in [1.54, 1.807) is 24.4 Å². The van der Waals surface area contributed by atoms with Crippen molar-refractivity contribution in [3.05, 3.63) is 58.3 Å². The van der Waals surface area contributed by atoms with E-state index in [2.05, 4.69) is 9.97 Å². The lowest BCUT2D eigenvalue weighted by molar-refractivity contribution is 0.281. The first-order chi connectivity index (χ1) is 10.2. The summed E-state index contributed by atoms with van der Waals surface area (Å²) < 4.78 is 5.74. The number of nitrogens with zero attached hydrogens (tertiary/aromatic N) is 2. The number of benzene rings is 1. The lowest BCUT2D eigenvalue weighted by Gasteiger charge is -2.09. The first-order valence-electron chi connectivity index (χ1n) is 6.15. The number of rotatable bonds is 3. The average molecular weight is 321 g/mol. The smallest absolute Gasteiger partial charge is 0.219 e. The van der Waals surface area contributed by atoms with Crippen molar-refractivity contribution in [2.24, 2.45) is 0 Å². The molecule has 3 aromatic rings. The summed E-state index contributed by atoms with van der Waals surface area (Å²) in [6, 6.07) is 8.73. The van der Waals surface area contributed by atoms with Crippen molar-refractivity contribution < 1.29 is 9.84 Å². The molecule has 0 unspecified atom stereocenters. The summed E-state index contributed by atoms with van der Waals surface area (Å²) in [5, 5.41) is 11.0. The predicted molar refractivity (Wildman–Crippen MR) is 82.0 cm³/mol. The lowest BCUT2D eigenvalue weighted by atomic mass is 10.2. The number of aliphatic hydroxyl groups excluding tert-OH is 1. The van der Waals surface area contributed by atoms with Crippen LogP contribution in [-0.2, 0) is 6.61 Å². The molecule has 4 nitrogen and oxygen atoms in total. The Morgan fingerprint density at radius 3 is 2.76 bits per heavy atom. The molecule has 6 heteroatoms. The molecule has 2 aromatic heterocycles. The van der Waals surface area contributed by atoms with Gasteiger partial charge in [-0.25, -0.2) is 4.98 Å². The molecule has 1 aromatic carbocycles. The van der Waals surface area contributed by atoms with Crippen LogP contribution in [0.1, 0.15) is 5.56 Å². The highest BCUT2D eigenvalue weighted by molar-refractivity contribution is 6.35. The molecule has 0 atom stereocenters. The van der Waals surface area contributed by atoms with E-state index in [0.717, 1.165) is 5.39 Å². The summed E-state index contributed by atoms with van der Waals surface area (Å²) >= 11 is 12.0. The SMILES string of the molecule is OCc1cc(Oc2ccc(Cl)c3cccnc23)ncc1Cl. The Morgan fingerprint density at radius 2 is 1.95 bits per heavy atom. The van der Waals surface area contributed by atoms with Crippen LogP contribution < -0.4 is 4.74 Å². The minimum atomic E-state index is -0.183. The number of aliphatic hydroxyl groups is 1. The van der Waals surface area contributed by atoms with Gasteiger partial charge in [0.2, 0.25) is 5.88 Å². The molecule has 0 fully saturated rings. The molecule has 0 saturated heterocycles. The first-order valence-corrected chi connectivity index (χ1v) is 6.91. The maximum atomic E-state index is 9.22. The van der Waals surface area contributed by atoms with Gasteiger partial charge >= 0.3 is 0 Å². The number of pyridine rings is 2. The minimum Gasteiger partial charge on any atom is -0.437 e. The zero-order valence-corrected chi connectivity index (χ0v) is 12.3. The van der Waals surface area contributed by atoms with E-state index >= 15 is 0 Å². The third-order valence-corrected chi connectivity index (χ3v) is 3.64. The van der Waals surface area contributed by atoms with Crippen molar-refractivity contribution in [2.75, 3.05) is 0 Å². The van der Waals surface area contributed by atoms with Crippen LogP contribution in [0.2, 0.25) is 10.0 Å². The molecule has 0 spiro atoms. The molecule has 0 bridgehead atoms. The van der Waals surface area contributed by atoms with Crippen LogP contribution in [0.4, 0.5) is 0 Å². The summed E-state index contributed by atoms with van der Waals surface area (Å²) in [6.45, 7) is -0.183. The Kier molecular flexibility index (Phi) is 3.92. The summed E-state index contributed by atoms with van der Waals surface area (Å²) in [5.74, 6) is 0.867. The van der Waals surface area contributed by atoms with Gasteiger partial charge in [0.25, 0.3) is 0 Å². The van der Waals surface area contributed by atoms with Gasteiger partial charge in [0.15, 0.2) is 5.75 Å². The molecular formula is C15H10Cl2N2O2. The predicted octanol–water partition coefficient (Wildman–Crippen LogP) is 4.22. The van der Waals surface area contributed by atoms with Crippen LogP contribution in [0, 0.1) is 0 Å². The van der Waals surface area contributed by atoms with E-state index in [-0.39, 0.29) is 6.61 Å². The highest BCUT2D eigenvalue weighted by Gasteiger charge is 2.10. The molecule has 0 aliphatic carbocycles. The van der Waals surface area contributed by atoms with Crippen molar-refractivity contribution in [3.8, 4) is 11.6 Å². The van der Waals surface area contributed by atoms with E-state index in [1.807, 2.05) is 12.1 Å². The molecule has 3 rings (SSSR count). The lowest BCUT2D eigenvalue weighted by Crippen LogP contribution is -1.93. The summed E-state index contributed by atoms with van der Waals surface area (Å²) in [7, 11) is 0. The molecule has 0 aliphatic rings. The van der Waals surface area contributed by atoms with Crippen LogP contribution in [-0.4, -0.2) is 15.1 Å². The molecule has 1 N–H and O–H groups in total. The average Bonchev–Trinajstić information content (AvgIpc) is 2.52. The topological polar surface area (TPSA) is 55.2 Å². The number of ether oxygens (including phenoxy) is 1. The normalized spacial score (nSPS) is 10.8. The maximum Gasteiger partial charge on any atom is 0.219 e. The molecule has 2 heterocycles. The molecule has 0 aliphatic heterocycles. The fourth-order valence-electron chi connectivity index (χ4n) is 1.94. The van der Waals surface area contributed by atoms with Crippen molar-refractivity contribution in [2.45, 2.75) is 6.61 Å². The quantitative estimate of drug-likeness (QED) is 0.785. The second kappa shape index (κ2) is 5.85. The van der Waals surface area contributed by atoms with Crippen LogP contribution in [0.25, 0.3) is 10.9 Å². The van der Waals surface area contributed by atoms with Crippen molar-refractivity contribution in [3.63, 3.8) is 0 Å².